The van der Waals surface area contributed by atoms with E-state index in [1.54, 1.807) is 4.72 Å². The number of halogens is 3. The summed E-state index contributed by atoms with van der Waals surface area (Å²) in [6, 6.07) is 3.61. The quantitative estimate of drug-likeness (QED) is 0.784. The standard InChI is InChI=1S/C13H16F3NO3S/c1-13(2,21(19,20)17-8-18)7-6-9-4-3-5-10(11(9)14)12(15)16/h3-5,8,12H,6-7H2,1-2H3,(H,17,18). The first-order valence-electron chi connectivity index (χ1n) is 6.13. The molecule has 1 aromatic carbocycles. The maximum Gasteiger partial charge on any atom is 0.266 e. The first-order chi connectivity index (χ1) is 9.62. The van der Waals surface area contributed by atoms with Gasteiger partial charge in [-0.3, -0.25) is 9.52 Å². The number of nitrogens with one attached hydrogen (secondary N) is 1. The van der Waals surface area contributed by atoms with Crippen LogP contribution in [0.5, 0.6) is 0 Å². The highest BCUT2D eigenvalue weighted by Gasteiger charge is 2.34. The Bertz CT molecular complexity index is 615. The van der Waals surface area contributed by atoms with Gasteiger partial charge in [0.05, 0.1) is 10.3 Å². The number of benzene rings is 1. The molecule has 0 saturated carbocycles. The minimum atomic E-state index is -3.91. The van der Waals surface area contributed by atoms with E-state index >= 15 is 0 Å². The Kier molecular flexibility index (Phi) is 5.38. The first kappa shape index (κ1) is 17.5. The fraction of sp³-hybridized carbons (Fsp3) is 0.462. The van der Waals surface area contributed by atoms with Crippen molar-refractivity contribution in [3.05, 3.63) is 35.1 Å². The first-order valence-corrected chi connectivity index (χ1v) is 7.61. The minimum Gasteiger partial charge on any atom is -0.278 e. The lowest BCUT2D eigenvalue weighted by molar-refractivity contribution is -0.108. The van der Waals surface area contributed by atoms with Crippen LogP contribution in [0.1, 0.15) is 37.8 Å². The second kappa shape index (κ2) is 6.46. The van der Waals surface area contributed by atoms with Crippen molar-refractivity contribution in [2.75, 3.05) is 0 Å². The molecule has 0 aliphatic heterocycles. The largest absolute Gasteiger partial charge is 0.278 e. The van der Waals surface area contributed by atoms with Crippen molar-refractivity contribution in [3.63, 3.8) is 0 Å². The molecule has 0 aromatic heterocycles. The van der Waals surface area contributed by atoms with Crippen molar-refractivity contribution in [3.8, 4) is 0 Å². The summed E-state index contributed by atoms with van der Waals surface area (Å²) in [6.07, 6.45) is -2.95. The molecule has 0 radical (unpaired) electrons. The predicted octanol–water partition coefficient (Wildman–Crippen LogP) is 2.55. The summed E-state index contributed by atoms with van der Waals surface area (Å²) in [5.74, 6) is -1.02. The van der Waals surface area contributed by atoms with E-state index in [0.29, 0.717) is 0 Å². The molecule has 21 heavy (non-hydrogen) atoms. The van der Waals surface area contributed by atoms with E-state index in [4.69, 9.17) is 0 Å². The Morgan fingerprint density at radius 2 is 1.95 bits per heavy atom. The second-order valence-electron chi connectivity index (χ2n) is 5.12. The molecular formula is C13H16F3NO3S. The van der Waals surface area contributed by atoms with E-state index in [2.05, 4.69) is 0 Å². The molecule has 0 aliphatic carbocycles. The molecule has 0 atom stereocenters. The lowest BCUT2D eigenvalue weighted by Gasteiger charge is -2.24. The minimum absolute atomic E-state index is 0.0159. The maximum atomic E-state index is 13.8. The maximum absolute atomic E-state index is 13.8. The van der Waals surface area contributed by atoms with Crippen LogP contribution in [0, 0.1) is 5.82 Å². The van der Waals surface area contributed by atoms with E-state index in [1.807, 2.05) is 0 Å². The molecule has 0 bridgehead atoms. The van der Waals surface area contributed by atoms with Gasteiger partial charge in [0.25, 0.3) is 6.43 Å². The summed E-state index contributed by atoms with van der Waals surface area (Å²) < 4.78 is 62.9. The molecule has 8 heteroatoms. The average molecular weight is 323 g/mol. The molecule has 1 aromatic rings. The lowest BCUT2D eigenvalue weighted by Crippen LogP contribution is -2.41. The van der Waals surface area contributed by atoms with Crippen molar-refractivity contribution < 1.29 is 26.4 Å². The number of hydrogen-bond acceptors (Lipinski definition) is 3. The Balaban J connectivity index is 2.94. The van der Waals surface area contributed by atoms with Crippen molar-refractivity contribution in [1.29, 1.82) is 0 Å². The normalized spacial score (nSPS) is 12.5. The summed E-state index contributed by atoms with van der Waals surface area (Å²) in [5, 5.41) is 0. The number of rotatable bonds is 7. The SMILES string of the molecule is CC(C)(CCc1cccc(C(F)F)c1F)S(=O)(=O)NC=O. The van der Waals surface area contributed by atoms with Crippen LogP contribution in [0.2, 0.25) is 0 Å². The highest BCUT2D eigenvalue weighted by atomic mass is 32.2. The van der Waals surface area contributed by atoms with E-state index in [1.165, 1.54) is 26.0 Å². The number of hydrogen-bond donors (Lipinski definition) is 1. The topological polar surface area (TPSA) is 63.2 Å². The molecule has 0 spiro atoms. The monoisotopic (exact) mass is 323 g/mol. The predicted molar refractivity (Wildman–Crippen MR) is 71.9 cm³/mol. The summed E-state index contributed by atoms with van der Waals surface area (Å²) in [6.45, 7) is 2.74. The van der Waals surface area contributed by atoms with Crippen molar-refractivity contribution in [2.24, 2.45) is 0 Å². The van der Waals surface area contributed by atoms with Crippen molar-refractivity contribution >= 4 is 16.4 Å². The molecular weight excluding hydrogens is 307 g/mol. The highest BCUT2D eigenvalue weighted by molar-refractivity contribution is 7.91. The molecule has 4 nitrogen and oxygen atoms in total. The number of amides is 1. The molecule has 118 valence electrons. The summed E-state index contributed by atoms with van der Waals surface area (Å²) in [5.41, 5.74) is -0.693. The van der Waals surface area contributed by atoms with E-state index in [-0.39, 0.29) is 24.8 Å². The second-order valence-corrected chi connectivity index (χ2v) is 7.47. The zero-order valence-corrected chi connectivity index (χ0v) is 12.4. The zero-order chi connectivity index (χ0) is 16.3. The van der Waals surface area contributed by atoms with Crippen LogP contribution in [-0.2, 0) is 21.2 Å². The van der Waals surface area contributed by atoms with Gasteiger partial charge in [0.1, 0.15) is 5.82 Å². The number of carbonyl (C=O) groups excluding carboxylic acids is 1. The lowest BCUT2D eigenvalue weighted by atomic mass is 10.00. The van der Waals surface area contributed by atoms with Gasteiger partial charge in [-0.05, 0) is 32.3 Å². The Labute approximate surface area is 121 Å². The molecule has 0 heterocycles. The van der Waals surface area contributed by atoms with Gasteiger partial charge in [0.2, 0.25) is 16.4 Å². The fourth-order valence-corrected chi connectivity index (χ4v) is 2.57. The average Bonchev–Trinajstić information content (AvgIpc) is 2.37. The van der Waals surface area contributed by atoms with E-state index in [0.717, 1.165) is 6.07 Å². The molecule has 0 aliphatic rings. The summed E-state index contributed by atoms with van der Waals surface area (Å²) >= 11 is 0. The molecule has 1 N–H and O–H groups in total. The molecule has 0 fully saturated rings. The van der Waals surface area contributed by atoms with Gasteiger partial charge in [-0.25, -0.2) is 21.6 Å². The summed E-state index contributed by atoms with van der Waals surface area (Å²) in [7, 11) is -3.91. The van der Waals surface area contributed by atoms with Gasteiger partial charge >= 0.3 is 0 Å². The Hall–Kier alpha value is -1.57. The molecule has 1 amide bonds. The number of aryl methyl sites for hydroxylation is 1. The van der Waals surface area contributed by atoms with E-state index in [9.17, 15) is 26.4 Å². The summed E-state index contributed by atoms with van der Waals surface area (Å²) in [4.78, 5) is 10.3. The van der Waals surface area contributed by atoms with Crippen LogP contribution in [0.4, 0.5) is 13.2 Å². The van der Waals surface area contributed by atoms with Gasteiger partial charge in [0.15, 0.2) is 0 Å². The molecule has 1 rings (SSSR count). The van der Waals surface area contributed by atoms with Gasteiger partial charge in [-0.1, -0.05) is 18.2 Å². The van der Waals surface area contributed by atoms with Crippen LogP contribution in [-0.4, -0.2) is 19.6 Å². The zero-order valence-electron chi connectivity index (χ0n) is 11.6. The van der Waals surface area contributed by atoms with Crippen molar-refractivity contribution in [1.82, 2.24) is 4.72 Å². The Morgan fingerprint density at radius 3 is 2.48 bits per heavy atom. The van der Waals surface area contributed by atoms with Gasteiger partial charge in [-0.2, -0.15) is 0 Å². The van der Waals surface area contributed by atoms with Crippen LogP contribution in [0.3, 0.4) is 0 Å². The third kappa shape index (κ3) is 3.96. The van der Waals surface area contributed by atoms with Crippen LogP contribution in [0.25, 0.3) is 0 Å². The van der Waals surface area contributed by atoms with Gasteiger partial charge in [0, 0.05) is 0 Å². The smallest absolute Gasteiger partial charge is 0.266 e. The van der Waals surface area contributed by atoms with Gasteiger partial charge in [-0.15, -0.1) is 0 Å². The van der Waals surface area contributed by atoms with E-state index < -0.39 is 32.6 Å². The molecule has 0 saturated heterocycles. The fourth-order valence-electron chi connectivity index (χ4n) is 1.75. The Morgan fingerprint density at radius 1 is 1.33 bits per heavy atom. The number of carbonyl (C=O) groups is 1. The van der Waals surface area contributed by atoms with Crippen LogP contribution < -0.4 is 4.72 Å². The van der Waals surface area contributed by atoms with Crippen molar-refractivity contribution in [2.45, 2.75) is 37.9 Å². The highest BCUT2D eigenvalue weighted by Crippen LogP contribution is 2.27. The number of sulfonamides is 1. The van der Waals surface area contributed by atoms with Gasteiger partial charge < -0.3 is 0 Å². The van der Waals surface area contributed by atoms with Crippen LogP contribution >= 0.6 is 0 Å². The third-order valence-corrected chi connectivity index (χ3v) is 5.34. The number of alkyl halides is 2. The molecule has 0 unspecified atom stereocenters. The third-order valence-electron chi connectivity index (χ3n) is 3.27. The van der Waals surface area contributed by atoms with Crippen LogP contribution in [0.15, 0.2) is 18.2 Å².